The first-order chi connectivity index (χ1) is 6.72. The van der Waals surface area contributed by atoms with Crippen molar-refractivity contribution in [2.24, 2.45) is 0 Å². The van der Waals surface area contributed by atoms with Crippen LogP contribution in [-0.2, 0) is 11.2 Å². The molecule has 0 aliphatic carbocycles. The fourth-order valence-corrected chi connectivity index (χ4v) is 1.16. The van der Waals surface area contributed by atoms with E-state index >= 15 is 0 Å². The van der Waals surface area contributed by atoms with Crippen molar-refractivity contribution in [3.63, 3.8) is 0 Å². The number of carbonyl (C=O) groups excluding carboxylic acids is 1. The third-order valence-corrected chi connectivity index (χ3v) is 2.04. The smallest absolute Gasteiger partial charge is 0.219 e. The summed E-state index contributed by atoms with van der Waals surface area (Å²) in [6.45, 7) is 2.54. The van der Waals surface area contributed by atoms with Gasteiger partial charge in [0.15, 0.2) is 0 Å². The van der Waals surface area contributed by atoms with E-state index in [1.54, 1.807) is 0 Å². The van der Waals surface area contributed by atoms with Crippen molar-refractivity contribution in [2.45, 2.75) is 19.8 Å². The van der Waals surface area contributed by atoms with Crippen LogP contribution in [0.15, 0.2) is 24.3 Å². The van der Waals surface area contributed by atoms with Crippen LogP contribution in [0, 0.1) is 0 Å². The molecule has 0 saturated carbocycles. The van der Waals surface area contributed by atoms with Gasteiger partial charge in [0.25, 0.3) is 0 Å². The van der Waals surface area contributed by atoms with Gasteiger partial charge in [-0.1, -0.05) is 19.1 Å². The molecule has 0 aliphatic rings. The van der Waals surface area contributed by atoms with Crippen LogP contribution in [0.25, 0.3) is 0 Å². The normalized spacial score (nSPS) is 9.79. The fourth-order valence-electron chi connectivity index (χ4n) is 1.16. The quantitative estimate of drug-likeness (QED) is 0.707. The number of nitrogens with one attached hydrogen (secondary N) is 1. The highest BCUT2D eigenvalue weighted by molar-refractivity contribution is 5.75. The lowest BCUT2D eigenvalue weighted by Gasteiger charge is -2.03. The molecule has 0 radical (unpaired) electrons. The molecule has 0 unspecified atom stereocenters. The summed E-state index contributed by atoms with van der Waals surface area (Å²) >= 11 is 0. The van der Waals surface area contributed by atoms with Crippen LogP contribution in [0.1, 0.15) is 18.9 Å². The Hall–Kier alpha value is -1.51. The van der Waals surface area contributed by atoms with Gasteiger partial charge in [0.1, 0.15) is 0 Å². The number of carbonyl (C=O) groups is 1. The summed E-state index contributed by atoms with van der Waals surface area (Å²) in [5.41, 5.74) is 7.52. The van der Waals surface area contributed by atoms with Crippen LogP contribution < -0.4 is 11.1 Å². The maximum atomic E-state index is 10.9. The first-order valence-electron chi connectivity index (χ1n) is 4.83. The van der Waals surface area contributed by atoms with E-state index in [4.69, 9.17) is 5.73 Å². The largest absolute Gasteiger partial charge is 0.399 e. The molecule has 76 valence electrons. The molecular weight excluding hydrogens is 176 g/mol. The Morgan fingerprint density at radius 3 is 2.57 bits per heavy atom. The maximum Gasteiger partial charge on any atom is 0.219 e. The minimum atomic E-state index is 0.0976. The number of hydrogen-bond acceptors (Lipinski definition) is 2. The standard InChI is InChI=1S/C11H16N2O/c1-2-11(14)13-8-7-9-3-5-10(12)6-4-9/h3-6H,2,7-8,12H2,1H3,(H,13,14). The average Bonchev–Trinajstić information content (AvgIpc) is 2.21. The Bertz CT molecular complexity index is 293. The van der Waals surface area contributed by atoms with Gasteiger partial charge in [-0.25, -0.2) is 0 Å². The van der Waals surface area contributed by atoms with Gasteiger partial charge in [-0.15, -0.1) is 0 Å². The van der Waals surface area contributed by atoms with Crippen molar-refractivity contribution in [1.29, 1.82) is 0 Å². The number of benzene rings is 1. The van der Waals surface area contributed by atoms with E-state index in [0.29, 0.717) is 13.0 Å². The molecule has 1 aromatic carbocycles. The number of nitrogens with two attached hydrogens (primary N) is 1. The lowest BCUT2D eigenvalue weighted by Crippen LogP contribution is -2.24. The first kappa shape index (κ1) is 10.6. The number of amides is 1. The molecular formula is C11H16N2O. The predicted molar refractivity (Wildman–Crippen MR) is 57.9 cm³/mol. The molecule has 0 bridgehead atoms. The van der Waals surface area contributed by atoms with Crippen molar-refractivity contribution in [2.75, 3.05) is 12.3 Å². The van der Waals surface area contributed by atoms with E-state index in [0.717, 1.165) is 12.1 Å². The Kier molecular flexibility index (Phi) is 3.98. The third kappa shape index (κ3) is 3.47. The molecule has 0 atom stereocenters. The Labute approximate surface area is 84.3 Å². The van der Waals surface area contributed by atoms with Crippen LogP contribution >= 0.6 is 0 Å². The van der Waals surface area contributed by atoms with E-state index in [-0.39, 0.29) is 5.91 Å². The molecule has 0 heterocycles. The Morgan fingerprint density at radius 1 is 1.36 bits per heavy atom. The predicted octanol–water partition coefficient (Wildman–Crippen LogP) is 1.34. The second kappa shape index (κ2) is 5.27. The van der Waals surface area contributed by atoms with Crippen molar-refractivity contribution < 1.29 is 4.79 Å². The van der Waals surface area contributed by atoms with Gasteiger partial charge in [-0.3, -0.25) is 4.79 Å². The third-order valence-electron chi connectivity index (χ3n) is 2.04. The first-order valence-corrected chi connectivity index (χ1v) is 4.83. The lowest BCUT2D eigenvalue weighted by molar-refractivity contribution is -0.120. The van der Waals surface area contributed by atoms with E-state index in [1.165, 1.54) is 5.56 Å². The molecule has 14 heavy (non-hydrogen) atoms. The molecule has 0 fully saturated rings. The summed E-state index contributed by atoms with van der Waals surface area (Å²) in [4.78, 5) is 10.9. The molecule has 0 spiro atoms. The highest BCUT2D eigenvalue weighted by atomic mass is 16.1. The van der Waals surface area contributed by atoms with Gasteiger partial charge in [-0.05, 0) is 24.1 Å². The summed E-state index contributed by atoms with van der Waals surface area (Å²) < 4.78 is 0. The van der Waals surface area contributed by atoms with Gasteiger partial charge < -0.3 is 11.1 Å². The SMILES string of the molecule is CCC(=O)NCCc1ccc(N)cc1. The van der Waals surface area contributed by atoms with Crippen LogP contribution in [0.4, 0.5) is 5.69 Å². The van der Waals surface area contributed by atoms with Crippen LogP contribution in [0.3, 0.4) is 0 Å². The number of hydrogen-bond donors (Lipinski definition) is 2. The average molecular weight is 192 g/mol. The molecule has 3 N–H and O–H groups in total. The van der Waals surface area contributed by atoms with Crippen LogP contribution in [0.5, 0.6) is 0 Å². The van der Waals surface area contributed by atoms with Gasteiger partial charge in [0.2, 0.25) is 5.91 Å². The van der Waals surface area contributed by atoms with E-state index < -0.39 is 0 Å². The van der Waals surface area contributed by atoms with Gasteiger partial charge in [0, 0.05) is 18.7 Å². The number of anilines is 1. The lowest BCUT2D eigenvalue weighted by atomic mass is 10.1. The van der Waals surface area contributed by atoms with E-state index in [1.807, 2.05) is 31.2 Å². The molecule has 3 heteroatoms. The second-order valence-electron chi connectivity index (χ2n) is 3.20. The Morgan fingerprint density at radius 2 is 2.00 bits per heavy atom. The number of rotatable bonds is 4. The second-order valence-corrected chi connectivity index (χ2v) is 3.20. The molecule has 1 aromatic rings. The molecule has 1 amide bonds. The zero-order valence-electron chi connectivity index (χ0n) is 8.42. The van der Waals surface area contributed by atoms with E-state index in [2.05, 4.69) is 5.32 Å². The van der Waals surface area contributed by atoms with Crippen molar-refractivity contribution in [1.82, 2.24) is 5.32 Å². The summed E-state index contributed by atoms with van der Waals surface area (Å²) in [6, 6.07) is 7.70. The minimum absolute atomic E-state index is 0.0976. The molecule has 3 nitrogen and oxygen atoms in total. The van der Waals surface area contributed by atoms with Crippen molar-refractivity contribution >= 4 is 11.6 Å². The molecule has 0 saturated heterocycles. The minimum Gasteiger partial charge on any atom is -0.399 e. The summed E-state index contributed by atoms with van der Waals surface area (Å²) in [7, 11) is 0. The summed E-state index contributed by atoms with van der Waals surface area (Å²) in [5, 5.41) is 2.83. The van der Waals surface area contributed by atoms with Gasteiger partial charge in [-0.2, -0.15) is 0 Å². The van der Waals surface area contributed by atoms with Crippen molar-refractivity contribution in [3.8, 4) is 0 Å². The summed E-state index contributed by atoms with van der Waals surface area (Å²) in [6.07, 6.45) is 1.40. The number of nitrogen functional groups attached to an aromatic ring is 1. The topological polar surface area (TPSA) is 55.1 Å². The van der Waals surface area contributed by atoms with Crippen LogP contribution in [0.2, 0.25) is 0 Å². The molecule has 0 aromatic heterocycles. The highest BCUT2D eigenvalue weighted by Crippen LogP contribution is 2.05. The Balaban J connectivity index is 2.31. The molecule has 0 aliphatic heterocycles. The zero-order chi connectivity index (χ0) is 10.4. The highest BCUT2D eigenvalue weighted by Gasteiger charge is 1.96. The summed E-state index contributed by atoms with van der Waals surface area (Å²) in [5.74, 6) is 0.0976. The zero-order valence-corrected chi connectivity index (χ0v) is 8.42. The fraction of sp³-hybridized carbons (Fsp3) is 0.364. The molecule has 1 rings (SSSR count). The van der Waals surface area contributed by atoms with Gasteiger partial charge >= 0.3 is 0 Å². The monoisotopic (exact) mass is 192 g/mol. The van der Waals surface area contributed by atoms with Crippen LogP contribution in [-0.4, -0.2) is 12.5 Å². The van der Waals surface area contributed by atoms with Crippen molar-refractivity contribution in [3.05, 3.63) is 29.8 Å². The van der Waals surface area contributed by atoms with Gasteiger partial charge in [0.05, 0.1) is 0 Å². The van der Waals surface area contributed by atoms with E-state index in [9.17, 15) is 4.79 Å². The maximum absolute atomic E-state index is 10.9.